The van der Waals surface area contributed by atoms with E-state index >= 15 is 0 Å². The molecule has 0 fully saturated rings. The molecule has 0 amide bonds. The minimum atomic E-state index is -0.193. The predicted octanol–water partition coefficient (Wildman–Crippen LogP) is 4.35. The molecular formula is C14H13ClFNS. The standard InChI is InChI=1S/C14H13ClFNS/c1-17-9-10-12(16)6-4-8-13(10)18-14-7-3-2-5-11(14)15/h2-8,17H,9H2,1H3. The largest absolute Gasteiger partial charge is 0.316 e. The van der Waals surface area contributed by atoms with Crippen molar-refractivity contribution < 1.29 is 4.39 Å². The second-order valence-electron chi connectivity index (χ2n) is 3.78. The molecule has 1 N–H and O–H groups in total. The molecule has 0 aliphatic heterocycles. The molecule has 1 nitrogen and oxygen atoms in total. The maximum absolute atomic E-state index is 13.8. The topological polar surface area (TPSA) is 12.0 Å². The van der Waals surface area contributed by atoms with Gasteiger partial charge < -0.3 is 5.32 Å². The van der Waals surface area contributed by atoms with E-state index in [1.54, 1.807) is 13.1 Å². The van der Waals surface area contributed by atoms with Crippen LogP contribution in [0.4, 0.5) is 4.39 Å². The third-order valence-corrected chi connectivity index (χ3v) is 4.11. The van der Waals surface area contributed by atoms with E-state index in [0.717, 1.165) is 9.79 Å². The molecule has 4 heteroatoms. The van der Waals surface area contributed by atoms with Crippen LogP contribution < -0.4 is 5.32 Å². The average molecular weight is 282 g/mol. The summed E-state index contributed by atoms with van der Waals surface area (Å²) in [5.41, 5.74) is 0.671. The Kier molecular flexibility index (Phi) is 4.64. The minimum Gasteiger partial charge on any atom is -0.316 e. The summed E-state index contributed by atoms with van der Waals surface area (Å²) in [6.07, 6.45) is 0. The van der Waals surface area contributed by atoms with Crippen molar-refractivity contribution in [1.82, 2.24) is 5.32 Å². The van der Waals surface area contributed by atoms with Crippen molar-refractivity contribution in [3.63, 3.8) is 0 Å². The molecule has 2 aromatic rings. The lowest BCUT2D eigenvalue weighted by Gasteiger charge is -2.10. The van der Waals surface area contributed by atoms with E-state index in [1.807, 2.05) is 30.3 Å². The molecule has 0 spiro atoms. The van der Waals surface area contributed by atoms with Crippen LogP contribution in [0.2, 0.25) is 5.02 Å². The summed E-state index contributed by atoms with van der Waals surface area (Å²) in [7, 11) is 1.80. The molecule has 0 saturated heterocycles. The Morgan fingerprint density at radius 3 is 2.56 bits per heavy atom. The van der Waals surface area contributed by atoms with Crippen LogP contribution in [0, 0.1) is 5.82 Å². The van der Waals surface area contributed by atoms with Gasteiger partial charge in [0.2, 0.25) is 0 Å². The van der Waals surface area contributed by atoms with Gasteiger partial charge in [0.15, 0.2) is 0 Å². The van der Waals surface area contributed by atoms with Gasteiger partial charge in [0.25, 0.3) is 0 Å². The zero-order chi connectivity index (χ0) is 13.0. The highest BCUT2D eigenvalue weighted by Gasteiger charge is 2.10. The summed E-state index contributed by atoms with van der Waals surface area (Å²) >= 11 is 7.60. The van der Waals surface area contributed by atoms with Gasteiger partial charge in [-0.05, 0) is 31.3 Å². The minimum absolute atomic E-state index is 0.193. The molecule has 0 aliphatic carbocycles. The Labute approximate surface area is 115 Å². The van der Waals surface area contributed by atoms with Crippen molar-refractivity contribution >= 4 is 23.4 Å². The van der Waals surface area contributed by atoms with Gasteiger partial charge in [0, 0.05) is 21.9 Å². The highest BCUT2D eigenvalue weighted by atomic mass is 35.5. The van der Waals surface area contributed by atoms with E-state index in [4.69, 9.17) is 11.6 Å². The zero-order valence-corrected chi connectivity index (χ0v) is 11.5. The van der Waals surface area contributed by atoms with Gasteiger partial charge in [0.05, 0.1) is 5.02 Å². The highest BCUT2D eigenvalue weighted by molar-refractivity contribution is 7.99. The number of hydrogen-bond donors (Lipinski definition) is 1. The maximum Gasteiger partial charge on any atom is 0.128 e. The normalized spacial score (nSPS) is 10.6. The molecule has 0 radical (unpaired) electrons. The molecule has 0 bridgehead atoms. The molecule has 0 saturated carbocycles. The SMILES string of the molecule is CNCc1c(F)cccc1Sc1ccccc1Cl. The number of hydrogen-bond acceptors (Lipinski definition) is 2. The highest BCUT2D eigenvalue weighted by Crippen LogP contribution is 2.35. The number of nitrogens with one attached hydrogen (secondary N) is 1. The lowest BCUT2D eigenvalue weighted by Crippen LogP contribution is -2.08. The number of halogens is 2. The molecule has 0 aliphatic rings. The van der Waals surface area contributed by atoms with Crippen LogP contribution in [-0.2, 0) is 6.54 Å². The van der Waals surface area contributed by atoms with Crippen LogP contribution in [0.3, 0.4) is 0 Å². The average Bonchev–Trinajstić information content (AvgIpc) is 2.36. The van der Waals surface area contributed by atoms with E-state index in [0.29, 0.717) is 17.1 Å². The van der Waals surface area contributed by atoms with E-state index < -0.39 is 0 Å². The van der Waals surface area contributed by atoms with Crippen molar-refractivity contribution in [2.75, 3.05) is 7.05 Å². The van der Waals surface area contributed by atoms with Gasteiger partial charge in [0.1, 0.15) is 5.82 Å². The first-order chi connectivity index (χ1) is 8.72. The van der Waals surface area contributed by atoms with E-state index in [9.17, 15) is 4.39 Å². The van der Waals surface area contributed by atoms with Gasteiger partial charge in [-0.2, -0.15) is 0 Å². The number of rotatable bonds is 4. The lowest BCUT2D eigenvalue weighted by molar-refractivity contribution is 0.594. The fourth-order valence-electron chi connectivity index (χ4n) is 1.63. The molecular weight excluding hydrogens is 269 g/mol. The predicted molar refractivity (Wildman–Crippen MR) is 74.7 cm³/mol. The van der Waals surface area contributed by atoms with Crippen molar-refractivity contribution in [1.29, 1.82) is 0 Å². The molecule has 0 unspecified atom stereocenters. The zero-order valence-electron chi connectivity index (χ0n) is 9.91. The molecule has 0 atom stereocenters. The van der Waals surface area contributed by atoms with Crippen LogP contribution in [0.1, 0.15) is 5.56 Å². The molecule has 18 heavy (non-hydrogen) atoms. The van der Waals surface area contributed by atoms with Crippen molar-refractivity contribution in [3.05, 3.63) is 58.9 Å². The number of benzene rings is 2. The van der Waals surface area contributed by atoms with E-state index in [-0.39, 0.29) is 5.82 Å². The van der Waals surface area contributed by atoms with Crippen LogP contribution in [0.15, 0.2) is 52.3 Å². The van der Waals surface area contributed by atoms with Gasteiger partial charge in [-0.15, -0.1) is 0 Å². The first-order valence-corrected chi connectivity index (χ1v) is 6.76. The summed E-state index contributed by atoms with van der Waals surface area (Å²) in [6, 6.07) is 12.7. The van der Waals surface area contributed by atoms with Gasteiger partial charge in [-0.3, -0.25) is 0 Å². The second-order valence-corrected chi connectivity index (χ2v) is 5.27. The van der Waals surface area contributed by atoms with Crippen molar-refractivity contribution in [2.24, 2.45) is 0 Å². The monoisotopic (exact) mass is 281 g/mol. The Hall–Kier alpha value is -1.03. The van der Waals surface area contributed by atoms with Crippen LogP contribution in [0.25, 0.3) is 0 Å². The molecule has 2 aromatic carbocycles. The van der Waals surface area contributed by atoms with Crippen molar-refractivity contribution in [3.8, 4) is 0 Å². The summed E-state index contributed by atoms with van der Waals surface area (Å²) in [6.45, 7) is 0.499. The third kappa shape index (κ3) is 3.05. The van der Waals surface area contributed by atoms with E-state index in [2.05, 4.69) is 5.32 Å². The Bertz CT molecular complexity index is 545. The van der Waals surface area contributed by atoms with Crippen molar-refractivity contribution in [2.45, 2.75) is 16.3 Å². The van der Waals surface area contributed by atoms with Crippen LogP contribution >= 0.6 is 23.4 Å². The Morgan fingerprint density at radius 2 is 1.83 bits per heavy atom. The fourth-order valence-corrected chi connectivity index (χ4v) is 2.87. The first-order valence-electron chi connectivity index (χ1n) is 5.56. The Balaban J connectivity index is 2.34. The molecule has 0 heterocycles. The third-order valence-electron chi connectivity index (χ3n) is 2.49. The summed E-state index contributed by atoms with van der Waals surface area (Å²) in [5, 5.41) is 3.66. The summed E-state index contributed by atoms with van der Waals surface area (Å²) in [5.74, 6) is -0.193. The smallest absolute Gasteiger partial charge is 0.128 e. The summed E-state index contributed by atoms with van der Waals surface area (Å²) < 4.78 is 13.8. The molecule has 94 valence electrons. The van der Waals surface area contributed by atoms with E-state index in [1.165, 1.54) is 17.8 Å². The molecule has 0 aromatic heterocycles. The quantitative estimate of drug-likeness (QED) is 0.894. The second kappa shape index (κ2) is 6.23. The molecule has 2 rings (SSSR count). The maximum atomic E-state index is 13.8. The lowest BCUT2D eigenvalue weighted by atomic mass is 10.2. The van der Waals surface area contributed by atoms with Crippen LogP contribution in [-0.4, -0.2) is 7.05 Å². The van der Waals surface area contributed by atoms with Gasteiger partial charge in [-0.1, -0.05) is 41.6 Å². The first kappa shape index (κ1) is 13.4. The summed E-state index contributed by atoms with van der Waals surface area (Å²) in [4.78, 5) is 1.82. The fraction of sp³-hybridized carbons (Fsp3) is 0.143. The van der Waals surface area contributed by atoms with Gasteiger partial charge >= 0.3 is 0 Å². The van der Waals surface area contributed by atoms with Gasteiger partial charge in [-0.25, -0.2) is 4.39 Å². The van der Waals surface area contributed by atoms with Crippen LogP contribution in [0.5, 0.6) is 0 Å². The Morgan fingerprint density at radius 1 is 1.11 bits per heavy atom.